The van der Waals surface area contributed by atoms with Crippen LogP contribution in [0.2, 0.25) is 0 Å². The molecule has 0 unspecified atom stereocenters. The minimum atomic E-state index is 0. The number of rotatable bonds is 10. The van der Waals surface area contributed by atoms with E-state index < -0.39 is 0 Å². The fraction of sp³-hybridized carbons (Fsp3) is 0.917. The quantitative estimate of drug-likeness (QED) is 0.307. The van der Waals surface area contributed by atoms with Crippen LogP contribution in [0, 0.1) is 5.41 Å². The molecule has 0 aromatic heterocycles. The van der Waals surface area contributed by atoms with E-state index in [0.717, 1.165) is 6.42 Å². The molecule has 0 spiro atoms. The van der Waals surface area contributed by atoms with E-state index in [2.05, 4.69) is 6.92 Å². The molecule has 0 amide bonds. The molecule has 0 saturated heterocycles. The molecule has 0 aliphatic heterocycles. The van der Waals surface area contributed by atoms with Crippen molar-refractivity contribution in [2.24, 2.45) is 0 Å². The molecule has 0 aliphatic rings. The van der Waals surface area contributed by atoms with E-state index in [4.69, 9.17) is 5.41 Å². The summed E-state index contributed by atoms with van der Waals surface area (Å²) in [6.07, 6.45) is 14.9. The number of hydrogen-bond donors (Lipinski definition) is 1. The van der Waals surface area contributed by atoms with Gasteiger partial charge in [0.2, 0.25) is 0 Å². The predicted molar refractivity (Wildman–Crippen MR) is 67.8 cm³/mol. The Hall–Kier alpha value is 0.267. The van der Waals surface area contributed by atoms with Crippen molar-refractivity contribution in [3.8, 4) is 0 Å². The summed E-state index contributed by atoms with van der Waals surface area (Å²) in [5.41, 5.74) is 0. The van der Waals surface area contributed by atoms with Crippen LogP contribution >= 0.6 is 0 Å². The summed E-state index contributed by atoms with van der Waals surface area (Å²) in [7, 11) is 0. The topological polar surface area (TPSA) is 23.9 Å². The van der Waals surface area contributed by atoms with E-state index >= 15 is 0 Å². The summed E-state index contributed by atoms with van der Waals surface area (Å²) in [6.45, 7) is 2.26. The first-order valence-corrected chi connectivity index (χ1v) is 5.90. The summed E-state index contributed by atoms with van der Waals surface area (Å²) in [6, 6.07) is 0. The molecular weight excluding hydrogens is 165 g/mol. The van der Waals surface area contributed by atoms with Crippen molar-refractivity contribution in [2.75, 3.05) is 0 Å². The number of hydrogen-bond acceptors (Lipinski definition) is 1. The minimum absolute atomic E-state index is 0. The van der Waals surface area contributed by atoms with Gasteiger partial charge in [-0.2, -0.15) is 0 Å². The maximum absolute atomic E-state index is 6.87. The van der Waals surface area contributed by atoms with Gasteiger partial charge in [-0.1, -0.05) is 58.3 Å². The molecule has 0 radical (unpaired) electrons. The zero-order valence-corrected chi connectivity index (χ0v) is 9.15. The van der Waals surface area contributed by atoms with Crippen LogP contribution in [0.5, 0.6) is 0 Å². The molecular formula is C12H26LiN. The second kappa shape index (κ2) is 15.7. The molecule has 0 heterocycles. The van der Waals surface area contributed by atoms with Crippen molar-refractivity contribution < 1.29 is 0 Å². The second-order valence-corrected chi connectivity index (χ2v) is 3.82. The standard InChI is InChI=1S/C12H25N.Li.H/c1-2-3-4-5-6-7-8-9-10-11-12-13;;/h12-13H,2-11H2,1H3;;. The van der Waals surface area contributed by atoms with Crippen LogP contribution < -0.4 is 0 Å². The van der Waals surface area contributed by atoms with Gasteiger partial charge in [-0.05, 0) is 19.1 Å². The molecule has 0 aromatic carbocycles. The Morgan fingerprint density at radius 2 is 1.21 bits per heavy atom. The van der Waals surface area contributed by atoms with Gasteiger partial charge in [0, 0.05) is 0 Å². The molecule has 14 heavy (non-hydrogen) atoms. The molecule has 0 bridgehead atoms. The molecule has 1 nitrogen and oxygen atoms in total. The van der Waals surface area contributed by atoms with E-state index in [0.29, 0.717) is 0 Å². The van der Waals surface area contributed by atoms with Crippen molar-refractivity contribution in [1.82, 2.24) is 0 Å². The Balaban J connectivity index is 0. The molecule has 2 heteroatoms. The van der Waals surface area contributed by atoms with Crippen LogP contribution in [0.1, 0.15) is 71.1 Å². The van der Waals surface area contributed by atoms with Gasteiger partial charge in [0.25, 0.3) is 0 Å². The Morgan fingerprint density at radius 1 is 0.786 bits per heavy atom. The van der Waals surface area contributed by atoms with E-state index in [-0.39, 0.29) is 18.9 Å². The van der Waals surface area contributed by atoms with Gasteiger partial charge in [-0.25, -0.2) is 0 Å². The van der Waals surface area contributed by atoms with Gasteiger partial charge in [0.1, 0.15) is 0 Å². The van der Waals surface area contributed by atoms with Crippen LogP contribution in [0.3, 0.4) is 0 Å². The first-order chi connectivity index (χ1) is 6.41. The normalized spacial score (nSPS) is 9.50. The monoisotopic (exact) mass is 191 g/mol. The zero-order valence-electron chi connectivity index (χ0n) is 9.15. The summed E-state index contributed by atoms with van der Waals surface area (Å²) in [5.74, 6) is 0. The van der Waals surface area contributed by atoms with Crippen molar-refractivity contribution in [3.63, 3.8) is 0 Å². The molecule has 0 rings (SSSR count). The van der Waals surface area contributed by atoms with E-state index in [9.17, 15) is 0 Å². The second-order valence-electron chi connectivity index (χ2n) is 3.82. The first-order valence-electron chi connectivity index (χ1n) is 5.90. The van der Waals surface area contributed by atoms with Gasteiger partial charge < -0.3 is 5.41 Å². The Kier molecular flexibility index (Phi) is 18.7. The summed E-state index contributed by atoms with van der Waals surface area (Å²) in [5, 5.41) is 6.87. The zero-order chi connectivity index (χ0) is 9.78. The fourth-order valence-electron chi connectivity index (χ4n) is 1.56. The Bertz CT molecular complexity index is 104. The van der Waals surface area contributed by atoms with Gasteiger partial charge in [0.05, 0.1) is 0 Å². The van der Waals surface area contributed by atoms with Crippen molar-refractivity contribution in [3.05, 3.63) is 0 Å². The number of nitrogens with one attached hydrogen (secondary N) is 1. The summed E-state index contributed by atoms with van der Waals surface area (Å²) < 4.78 is 0. The van der Waals surface area contributed by atoms with Gasteiger partial charge in [-0.3, -0.25) is 0 Å². The van der Waals surface area contributed by atoms with Gasteiger partial charge >= 0.3 is 18.9 Å². The Labute approximate surface area is 102 Å². The average molecular weight is 191 g/mol. The van der Waals surface area contributed by atoms with Crippen LogP contribution in [0.15, 0.2) is 0 Å². The van der Waals surface area contributed by atoms with E-state index in [1.165, 1.54) is 64.0 Å². The SMILES string of the molecule is CCCCCCCCCCCC=N.[LiH]. The third-order valence-electron chi connectivity index (χ3n) is 2.45. The van der Waals surface area contributed by atoms with Crippen LogP contribution in [-0.2, 0) is 0 Å². The molecule has 80 valence electrons. The molecule has 0 atom stereocenters. The van der Waals surface area contributed by atoms with Crippen molar-refractivity contribution >= 4 is 25.1 Å². The van der Waals surface area contributed by atoms with Crippen LogP contribution in [0.25, 0.3) is 0 Å². The van der Waals surface area contributed by atoms with Gasteiger partial charge in [-0.15, -0.1) is 0 Å². The molecule has 0 aliphatic carbocycles. The molecule has 0 aromatic rings. The van der Waals surface area contributed by atoms with E-state index in [1.54, 1.807) is 0 Å². The fourth-order valence-corrected chi connectivity index (χ4v) is 1.56. The van der Waals surface area contributed by atoms with E-state index in [1.807, 2.05) is 0 Å². The van der Waals surface area contributed by atoms with Crippen molar-refractivity contribution in [2.45, 2.75) is 71.1 Å². The first kappa shape index (κ1) is 16.7. The molecule has 1 N–H and O–H groups in total. The third kappa shape index (κ3) is 14.8. The van der Waals surface area contributed by atoms with Crippen LogP contribution in [0.4, 0.5) is 0 Å². The molecule has 0 fully saturated rings. The van der Waals surface area contributed by atoms with Crippen LogP contribution in [-0.4, -0.2) is 25.1 Å². The average Bonchev–Trinajstić information content (AvgIpc) is 2.16. The maximum atomic E-state index is 6.87. The van der Waals surface area contributed by atoms with Crippen molar-refractivity contribution in [1.29, 1.82) is 5.41 Å². The summed E-state index contributed by atoms with van der Waals surface area (Å²) >= 11 is 0. The molecule has 0 saturated carbocycles. The third-order valence-corrected chi connectivity index (χ3v) is 2.45. The summed E-state index contributed by atoms with van der Waals surface area (Å²) in [4.78, 5) is 0. The number of unbranched alkanes of at least 4 members (excludes halogenated alkanes) is 9. The van der Waals surface area contributed by atoms with Gasteiger partial charge in [0.15, 0.2) is 0 Å². The Morgan fingerprint density at radius 3 is 1.64 bits per heavy atom. The predicted octanol–water partition coefficient (Wildman–Crippen LogP) is 3.91.